The Morgan fingerprint density at radius 3 is 1.64 bits per heavy atom. The lowest BCUT2D eigenvalue weighted by atomic mass is 10.0. The normalized spacial score (nSPS) is 17.7. The number of nitrogens with zero attached hydrogens (tertiary/aromatic N) is 5. The van der Waals surface area contributed by atoms with Crippen LogP contribution < -0.4 is 4.74 Å². The van der Waals surface area contributed by atoms with Crippen molar-refractivity contribution in [2.45, 2.75) is 6.04 Å². The van der Waals surface area contributed by atoms with Gasteiger partial charge in [0.15, 0.2) is 5.75 Å². The van der Waals surface area contributed by atoms with E-state index in [0.717, 1.165) is 0 Å². The van der Waals surface area contributed by atoms with Gasteiger partial charge in [-0.25, -0.2) is 0 Å². The van der Waals surface area contributed by atoms with Gasteiger partial charge in [0.2, 0.25) is 0 Å². The van der Waals surface area contributed by atoms with E-state index in [9.17, 15) is 39.6 Å². The molecule has 1 aromatic rings. The van der Waals surface area contributed by atoms with E-state index in [4.69, 9.17) is 17.0 Å². The molecule has 4 N–H and O–H groups in total. The first-order valence-corrected chi connectivity index (χ1v) is 12.5. The van der Waals surface area contributed by atoms with Crippen LogP contribution in [0.15, 0.2) is 23.2 Å². The Kier molecular flexibility index (Phi) is 12.9. The first-order valence-electron chi connectivity index (χ1n) is 12.1. The van der Waals surface area contributed by atoms with Gasteiger partial charge in [-0.15, -0.1) is 0 Å². The summed E-state index contributed by atoms with van der Waals surface area (Å²) < 4.78 is 5.48. The highest BCUT2D eigenvalue weighted by Crippen LogP contribution is 2.37. The van der Waals surface area contributed by atoms with E-state index < -0.39 is 29.9 Å². The lowest BCUT2D eigenvalue weighted by Gasteiger charge is -2.35. The minimum atomic E-state index is -1.23. The maximum absolute atomic E-state index is 12.6. The molecule has 0 aliphatic carbocycles. The number of carboxylic acids is 4. The van der Waals surface area contributed by atoms with Crippen molar-refractivity contribution in [2.75, 3.05) is 79.1 Å². The van der Waals surface area contributed by atoms with Crippen LogP contribution in [-0.4, -0.2) is 148 Å². The Bertz CT molecular complexity index is 1050. The van der Waals surface area contributed by atoms with Gasteiger partial charge in [0.05, 0.1) is 31.9 Å². The molecular formula is C24H33N5O9S. The van der Waals surface area contributed by atoms with Crippen LogP contribution in [0.5, 0.6) is 5.75 Å². The number of thiocarbonyl (C=S) groups is 1. The predicted octanol–water partition coefficient (Wildman–Crippen LogP) is 0.0306. The molecule has 2 rings (SSSR count). The Morgan fingerprint density at radius 1 is 0.846 bits per heavy atom. The minimum Gasteiger partial charge on any atom is -0.494 e. The van der Waals surface area contributed by atoms with E-state index in [2.05, 4.69) is 10.2 Å². The number of aliphatic imine (C=N–C) groups is 1. The zero-order valence-corrected chi connectivity index (χ0v) is 22.4. The van der Waals surface area contributed by atoms with Gasteiger partial charge < -0.3 is 25.2 Å². The maximum atomic E-state index is 12.6. The second-order valence-electron chi connectivity index (χ2n) is 8.89. The molecule has 1 heterocycles. The molecule has 39 heavy (non-hydrogen) atoms. The number of para-hydroxylation sites is 1. The summed E-state index contributed by atoms with van der Waals surface area (Å²) in [4.78, 5) is 57.5. The molecule has 15 heteroatoms. The van der Waals surface area contributed by atoms with Crippen LogP contribution in [0.2, 0.25) is 0 Å². The summed E-state index contributed by atoms with van der Waals surface area (Å²) in [6, 6.07) is 3.57. The van der Waals surface area contributed by atoms with Crippen molar-refractivity contribution in [3.8, 4) is 5.75 Å². The highest BCUT2D eigenvalue weighted by Gasteiger charge is 2.32. The molecule has 0 radical (unpaired) electrons. The highest BCUT2D eigenvalue weighted by atomic mass is 32.1. The van der Waals surface area contributed by atoms with Gasteiger partial charge in [0.1, 0.15) is 11.7 Å². The smallest absolute Gasteiger partial charge is 0.325 e. The lowest BCUT2D eigenvalue weighted by Crippen LogP contribution is -2.49. The number of benzene rings is 1. The number of ether oxygens (including phenoxy) is 1. The molecule has 0 bridgehead atoms. The molecule has 0 unspecified atom stereocenters. The van der Waals surface area contributed by atoms with Crippen molar-refractivity contribution in [2.24, 2.45) is 4.99 Å². The number of aliphatic carboxylic acids is 4. The number of isothiocyanates is 1. The highest BCUT2D eigenvalue weighted by molar-refractivity contribution is 7.78. The summed E-state index contributed by atoms with van der Waals surface area (Å²) in [5, 5.41) is 40.7. The van der Waals surface area contributed by atoms with E-state index in [1.54, 1.807) is 37.8 Å². The predicted molar refractivity (Wildman–Crippen MR) is 142 cm³/mol. The first kappa shape index (κ1) is 31.8. The van der Waals surface area contributed by atoms with Gasteiger partial charge in [-0.2, -0.15) is 4.99 Å². The molecule has 1 fully saturated rings. The van der Waals surface area contributed by atoms with Crippen molar-refractivity contribution >= 4 is 46.9 Å². The average Bonchev–Trinajstić information content (AvgIpc) is 2.84. The third kappa shape index (κ3) is 10.3. The van der Waals surface area contributed by atoms with Crippen molar-refractivity contribution in [1.29, 1.82) is 0 Å². The van der Waals surface area contributed by atoms with Crippen molar-refractivity contribution in [3.63, 3.8) is 0 Å². The molecule has 0 spiro atoms. The number of rotatable bonds is 11. The number of carboxylic acid groups (broad SMARTS) is 4. The van der Waals surface area contributed by atoms with Gasteiger partial charge in [0.25, 0.3) is 0 Å². The van der Waals surface area contributed by atoms with Crippen molar-refractivity contribution < 1.29 is 44.3 Å². The Hall–Kier alpha value is -3.46. The SMILES string of the molecule is COc1c(N=C=S)cccc1[C@@H](C(=O)O)N1CCN(CC(=O)O)CCN(CC(=O)O)CCN(CC(=O)O)CC1. The van der Waals surface area contributed by atoms with Crippen LogP contribution in [0.25, 0.3) is 0 Å². The Balaban J connectivity index is 2.48. The third-order valence-corrected chi connectivity index (χ3v) is 6.33. The van der Waals surface area contributed by atoms with Crippen LogP contribution in [0.3, 0.4) is 0 Å². The summed E-state index contributed by atoms with van der Waals surface area (Å²) in [6.45, 7) is 0.532. The van der Waals surface area contributed by atoms with Crippen LogP contribution in [0.4, 0.5) is 5.69 Å². The largest absolute Gasteiger partial charge is 0.494 e. The van der Waals surface area contributed by atoms with Gasteiger partial charge in [-0.05, 0) is 18.3 Å². The van der Waals surface area contributed by atoms with E-state index in [-0.39, 0.29) is 77.7 Å². The van der Waals surface area contributed by atoms with Crippen molar-refractivity contribution in [1.82, 2.24) is 19.6 Å². The monoisotopic (exact) mass is 567 g/mol. The summed E-state index contributed by atoms with van der Waals surface area (Å²) in [5.74, 6) is -4.20. The second-order valence-corrected chi connectivity index (χ2v) is 9.07. The van der Waals surface area contributed by atoms with Crippen LogP contribution in [0.1, 0.15) is 11.6 Å². The van der Waals surface area contributed by atoms with E-state index in [1.807, 2.05) is 0 Å². The standard InChI is InChI=1S/C24H33N5O9S/c1-38-23-17(3-2-4-18(23)25-16-39)22(24(36)37)29-11-9-27(14-20(32)33)7-5-26(13-19(30)31)6-8-28(10-12-29)15-21(34)35/h2-4,22H,5-15H2,1H3,(H,30,31)(H,32,33)(H,34,35)(H,36,37)/t22-/m0/s1. The summed E-state index contributed by atoms with van der Waals surface area (Å²) in [5.41, 5.74) is 0.593. The zero-order chi connectivity index (χ0) is 28.9. The van der Waals surface area contributed by atoms with E-state index >= 15 is 0 Å². The molecule has 1 aliphatic heterocycles. The maximum Gasteiger partial charge on any atom is 0.325 e. The topological polar surface area (TPSA) is 184 Å². The van der Waals surface area contributed by atoms with Crippen LogP contribution >= 0.6 is 12.2 Å². The molecule has 14 nitrogen and oxygen atoms in total. The Morgan fingerprint density at radius 2 is 1.28 bits per heavy atom. The van der Waals surface area contributed by atoms with Gasteiger partial charge >= 0.3 is 23.9 Å². The van der Waals surface area contributed by atoms with Crippen LogP contribution in [0, 0.1) is 0 Å². The quantitative estimate of drug-likeness (QED) is 0.207. The zero-order valence-electron chi connectivity index (χ0n) is 21.6. The molecule has 1 saturated heterocycles. The fourth-order valence-corrected chi connectivity index (χ4v) is 4.56. The molecular weight excluding hydrogens is 534 g/mol. The molecule has 1 atom stereocenters. The summed E-state index contributed by atoms with van der Waals surface area (Å²) >= 11 is 4.70. The number of hydrogen-bond donors (Lipinski definition) is 4. The fourth-order valence-electron chi connectivity index (χ4n) is 4.46. The van der Waals surface area contributed by atoms with Gasteiger partial charge in [-0.3, -0.25) is 38.8 Å². The van der Waals surface area contributed by atoms with E-state index in [1.165, 1.54) is 7.11 Å². The molecule has 1 aromatic carbocycles. The number of carbonyl (C=O) groups is 4. The number of hydrogen-bond acceptors (Lipinski definition) is 11. The lowest BCUT2D eigenvalue weighted by molar-refractivity contribution is -0.145. The molecule has 0 amide bonds. The fraction of sp³-hybridized carbons (Fsp3) is 0.542. The second kappa shape index (κ2) is 15.8. The van der Waals surface area contributed by atoms with E-state index in [0.29, 0.717) is 11.3 Å². The number of methoxy groups -OCH3 is 1. The molecule has 214 valence electrons. The van der Waals surface area contributed by atoms with Gasteiger partial charge in [0, 0.05) is 57.9 Å². The average molecular weight is 568 g/mol. The summed E-state index contributed by atoms with van der Waals surface area (Å²) in [7, 11) is 1.38. The Labute approximate surface area is 230 Å². The third-order valence-electron chi connectivity index (χ3n) is 6.24. The molecule has 1 aliphatic rings. The molecule has 0 aromatic heterocycles. The van der Waals surface area contributed by atoms with Gasteiger partial charge in [-0.1, -0.05) is 12.1 Å². The first-order chi connectivity index (χ1) is 18.5. The van der Waals surface area contributed by atoms with Crippen molar-refractivity contribution in [3.05, 3.63) is 23.8 Å². The molecule has 0 saturated carbocycles. The minimum absolute atomic E-state index is 0.119. The van der Waals surface area contributed by atoms with Crippen LogP contribution in [-0.2, 0) is 19.2 Å². The summed E-state index contributed by atoms with van der Waals surface area (Å²) in [6.07, 6.45) is 0.